The van der Waals surface area contributed by atoms with E-state index in [0.29, 0.717) is 0 Å². The minimum atomic E-state index is 0.764. The summed E-state index contributed by atoms with van der Waals surface area (Å²) in [6, 6.07) is 5.85. The normalized spacial score (nSPS) is 10.5. The molecule has 0 aliphatic rings. The Hall–Kier alpha value is -1.74. The summed E-state index contributed by atoms with van der Waals surface area (Å²) in [6.45, 7) is 4.76. The van der Waals surface area contributed by atoms with E-state index < -0.39 is 0 Å². The zero-order valence-electron chi connectivity index (χ0n) is 8.70. The van der Waals surface area contributed by atoms with Gasteiger partial charge in [-0.2, -0.15) is 0 Å². The second-order valence-corrected chi connectivity index (χ2v) is 3.40. The predicted octanol–water partition coefficient (Wildman–Crippen LogP) is 1.86. The Bertz CT molecular complexity index is 491. The Morgan fingerprint density at radius 3 is 3.07 bits per heavy atom. The molecule has 0 radical (unpaired) electrons. The molecular formula is C12H13N3. The van der Waals surface area contributed by atoms with Crippen LogP contribution in [0.15, 0.2) is 37.2 Å². The SMILES string of the molecule is C=C(CNC)c1cnc2cccnc2c1. The Balaban J connectivity index is 2.42. The first kappa shape index (κ1) is 9.80. The molecule has 0 fully saturated rings. The molecule has 0 aromatic carbocycles. The molecule has 0 spiro atoms. The van der Waals surface area contributed by atoms with Crippen LogP contribution in [-0.4, -0.2) is 23.6 Å². The van der Waals surface area contributed by atoms with Gasteiger partial charge in [0.2, 0.25) is 0 Å². The maximum absolute atomic E-state index is 4.33. The van der Waals surface area contributed by atoms with Gasteiger partial charge in [-0.1, -0.05) is 6.58 Å². The number of fused-ring (bicyclic) bond motifs is 1. The molecule has 0 saturated carbocycles. The van der Waals surface area contributed by atoms with Crippen LogP contribution in [0.2, 0.25) is 0 Å². The summed E-state index contributed by atoms with van der Waals surface area (Å²) in [5, 5.41) is 3.07. The number of hydrogen-bond acceptors (Lipinski definition) is 3. The van der Waals surface area contributed by atoms with Crippen molar-refractivity contribution in [3.63, 3.8) is 0 Å². The van der Waals surface area contributed by atoms with Gasteiger partial charge in [0.25, 0.3) is 0 Å². The van der Waals surface area contributed by atoms with Gasteiger partial charge in [0.15, 0.2) is 0 Å². The molecule has 0 aliphatic heterocycles. The number of hydrogen-bond donors (Lipinski definition) is 1. The Morgan fingerprint density at radius 2 is 2.27 bits per heavy atom. The molecule has 2 aromatic rings. The molecule has 2 rings (SSSR count). The van der Waals surface area contributed by atoms with E-state index in [0.717, 1.165) is 28.7 Å². The van der Waals surface area contributed by atoms with Crippen LogP contribution >= 0.6 is 0 Å². The van der Waals surface area contributed by atoms with Crippen LogP contribution in [-0.2, 0) is 0 Å². The molecule has 1 N–H and O–H groups in total. The lowest BCUT2D eigenvalue weighted by atomic mass is 10.1. The highest BCUT2D eigenvalue weighted by Gasteiger charge is 2.01. The monoisotopic (exact) mass is 199 g/mol. The summed E-state index contributed by atoms with van der Waals surface area (Å²) < 4.78 is 0. The van der Waals surface area contributed by atoms with Crippen LogP contribution in [0.1, 0.15) is 5.56 Å². The molecule has 0 aliphatic carbocycles. The first-order valence-electron chi connectivity index (χ1n) is 4.85. The highest BCUT2D eigenvalue weighted by atomic mass is 14.8. The highest BCUT2D eigenvalue weighted by Crippen LogP contribution is 2.15. The molecule has 2 aromatic heterocycles. The summed E-state index contributed by atoms with van der Waals surface area (Å²) in [6.07, 6.45) is 3.61. The van der Waals surface area contributed by atoms with Crippen molar-refractivity contribution < 1.29 is 0 Å². The molecule has 0 saturated heterocycles. The number of likely N-dealkylation sites (N-methyl/N-ethyl adjacent to an activating group) is 1. The van der Waals surface area contributed by atoms with Gasteiger partial charge in [0.05, 0.1) is 11.0 Å². The average molecular weight is 199 g/mol. The van der Waals surface area contributed by atoms with E-state index in [4.69, 9.17) is 0 Å². The minimum Gasteiger partial charge on any atom is -0.316 e. The highest BCUT2D eigenvalue weighted by molar-refractivity contribution is 5.78. The Kier molecular flexibility index (Phi) is 2.74. The van der Waals surface area contributed by atoms with E-state index >= 15 is 0 Å². The lowest BCUT2D eigenvalue weighted by Gasteiger charge is -2.05. The van der Waals surface area contributed by atoms with Crippen molar-refractivity contribution in [3.05, 3.63) is 42.7 Å². The second-order valence-electron chi connectivity index (χ2n) is 3.40. The van der Waals surface area contributed by atoms with Gasteiger partial charge in [0, 0.05) is 18.9 Å². The van der Waals surface area contributed by atoms with Crippen LogP contribution in [0.3, 0.4) is 0 Å². The summed E-state index contributed by atoms with van der Waals surface area (Å²) >= 11 is 0. The van der Waals surface area contributed by atoms with E-state index in [1.165, 1.54) is 0 Å². The number of nitrogens with zero attached hydrogens (tertiary/aromatic N) is 2. The van der Waals surface area contributed by atoms with E-state index in [1.54, 1.807) is 6.20 Å². The number of rotatable bonds is 3. The quantitative estimate of drug-likeness (QED) is 0.820. The summed E-state index contributed by atoms with van der Waals surface area (Å²) in [5.74, 6) is 0. The van der Waals surface area contributed by atoms with Gasteiger partial charge in [-0.05, 0) is 36.4 Å². The molecule has 76 valence electrons. The van der Waals surface area contributed by atoms with Crippen molar-refractivity contribution >= 4 is 16.6 Å². The van der Waals surface area contributed by atoms with E-state index in [1.807, 2.05) is 31.4 Å². The van der Waals surface area contributed by atoms with Crippen LogP contribution in [0.5, 0.6) is 0 Å². The minimum absolute atomic E-state index is 0.764. The van der Waals surface area contributed by atoms with Gasteiger partial charge in [-0.3, -0.25) is 9.97 Å². The van der Waals surface area contributed by atoms with E-state index in [9.17, 15) is 0 Å². The zero-order valence-corrected chi connectivity index (χ0v) is 8.70. The molecule has 2 heterocycles. The van der Waals surface area contributed by atoms with Crippen LogP contribution in [0.4, 0.5) is 0 Å². The second kappa shape index (κ2) is 4.19. The van der Waals surface area contributed by atoms with Gasteiger partial charge in [-0.15, -0.1) is 0 Å². The van der Waals surface area contributed by atoms with Gasteiger partial charge >= 0.3 is 0 Å². The third-order valence-corrected chi connectivity index (χ3v) is 2.25. The third kappa shape index (κ3) is 2.02. The largest absolute Gasteiger partial charge is 0.316 e. The third-order valence-electron chi connectivity index (χ3n) is 2.25. The maximum atomic E-state index is 4.33. The Morgan fingerprint density at radius 1 is 1.40 bits per heavy atom. The average Bonchev–Trinajstić information content (AvgIpc) is 2.29. The standard InChI is InChI=1S/C12H13N3/c1-9(7-13-2)10-6-12-11(15-8-10)4-3-5-14-12/h3-6,8,13H,1,7H2,2H3. The lowest BCUT2D eigenvalue weighted by molar-refractivity contribution is 0.932. The fourth-order valence-corrected chi connectivity index (χ4v) is 1.46. The molecule has 0 unspecified atom stereocenters. The fraction of sp³-hybridized carbons (Fsp3) is 0.167. The van der Waals surface area contributed by atoms with Crippen molar-refractivity contribution in [2.24, 2.45) is 0 Å². The van der Waals surface area contributed by atoms with Crippen molar-refractivity contribution in [1.29, 1.82) is 0 Å². The van der Waals surface area contributed by atoms with E-state index in [2.05, 4.69) is 21.9 Å². The predicted molar refractivity (Wildman–Crippen MR) is 62.5 cm³/mol. The zero-order chi connectivity index (χ0) is 10.7. The molecule has 3 heteroatoms. The molecule has 15 heavy (non-hydrogen) atoms. The van der Waals surface area contributed by atoms with Gasteiger partial charge in [-0.25, -0.2) is 0 Å². The van der Waals surface area contributed by atoms with Crippen molar-refractivity contribution in [2.45, 2.75) is 0 Å². The molecule has 3 nitrogen and oxygen atoms in total. The number of aromatic nitrogens is 2. The van der Waals surface area contributed by atoms with Crippen LogP contribution in [0, 0.1) is 0 Å². The van der Waals surface area contributed by atoms with Crippen LogP contribution < -0.4 is 5.32 Å². The van der Waals surface area contributed by atoms with Crippen molar-refractivity contribution in [3.8, 4) is 0 Å². The first-order valence-corrected chi connectivity index (χ1v) is 4.85. The lowest BCUT2D eigenvalue weighted by Crippen LogP contribution is -2.09. The molecule has 0 bridgehead atoms. The van der Waals surface area contributed by atoms with Crippen molar-refractivity contribution in [2.75, 3.05) is 13.6 Å². The van der Waals surface area contributed by atoms with Crippen molar-refractivity contribution in [1.82, 2.24) is 15.3 Å². The van der Waals surface area contributed by atoms with Gasteiger partial charge < -0.3 is 5.32 Å². The summed E-state index contributed by atoms with van der Waals surface area (Å²) in [5.41, 5.74) is 3.89. The summed E-state index contributed by atoms with van der Waals surface area (Å²) in [4.78, 5) is 8.59. The summed E-state index contributed by atoms with van der Waals surface area (Å²) in [7, 11) is 1.90. The first-order chi connectivity index (χ1) is 7.31. The van der Waals surface area contributed by atoms with Gasteiger partial charge in [0.1, 0.15) is 0 Å². The maximum Gasteiger partial charge on any atom is 0.0892 e. The Labute approximate surface area is 88.9 Å². The smallest absolute Gasteiger partial charge is 0.0892 e. The van der Waals surface area contributed by atoms with E-state index in [-0.39, 0.29) is 0 Å². The molecular weight excluding hydrogens is 186 g/mol. The molecule has 0 amide bonds. The fourth-order valence-electron chi connectivity index (χ4n) is 1.46. The van der Waals surface area contributed by atoms with Crippen LogP contribution in [0.25, 0.3) is 16.6 Å². The number of pyridine rings is 2. The molecule has 0 atom stereocenters. The number of nitrogens with one attached hydrogen (secondary N) is 1. The topological polar surface area (TPSA) is 37.8 Å².